The fraction of sp³-hybridized carbons (Fsp3) is 0.706. The normalized spacial score (nSPS) is 27.6. The van der Waals surface area contributed by atoms with Gasteiger partial charge in [0.1, 0.15) is 0 Å². The van der Waals surface area contributed by atoms with Gasteiger partial charge in [-0.15, -0.1) is 0 Å². The van der Waals surface area contributed by atoms with Gasteiger partial charge in [0.2, 0.25) is 0 Å². The molecule has 1 N–H and O–H groups in total. The molecule has 2 rings (SSSR count). The lowest BCUT2D eigenvalue weighted by Gasteiger charge is -2.44. The number of rotatable bonds is 3. The monoisotopic (exact) mass is 277 g/mol. The van der Waals surface area contributed by atoms with Crippen LogP contribution in [0.3, 0.4) is 0 Å². The molecule has 3 heteroatoms. The van der Waals surface area contributed by atoms with Gasteiger partial charge in [-0.3, -0.25) is 4.79 Å². The molecular formula is C17H27NO2. The summed E-state index contributed by atoms with van der Waals surface area (Å²) in [6, 6.07) is 3.91. The van der Waals surface area contributed by atoms with E-state index >= 15 is 0 Å². The SMILES string of the molecule is CCC(C)(C)C1CCC(O)CC1n1cccc(C)c1=O. The molecule has 0 aromatic carbocycles. The van der Waals surface area contributed by atoms with Crippen LogP contribution in [-0.4, -0.2) is 15.8 Å². The van der Waals surface area contributed by atoms with Crippen LogP contribution in [-0.2, 0) is 0 Å². The molecule has 0 aliphatic heterocycles. The summed E-state index contributed by atoms with van der Waals surface area (Å²) < 4.78 is 1.86. The molecule has 112 valence electrons. The minimum Gasteiger partial charge on any atom is -0.393 e. The molecule has 0 bridgehead atoms. The molecule has 3 nitrogen and oxygen atoms in total. The summed E-state index contributed by atoms with van der Waals surface area (Å²) >= 11 is 0. The van der Waals surface area contributed by atoms with E-state index < -0.39 is 0 Å². The van der Waals surface area contributed by atoms with E-state index in [9.17, 15) is 9.90 Å². The van der Waals surface area contributed by atoms with E-state index in [0.29, 0.717) is 12.3 Å². The lowest BCUT2D eigenvalue weighted by molar-refractivity contribution is 0.0203. The van der Waals surface area contributed by atoms with Gasteiger partial charge >= 0.3 is 0 Å². The van der Waals surface area contributed by atoms with Crippen molar-refractivity contribution in [1.82, 2.24) is 4.57 Å². The van der Waals surface area contributed by atoms with Crippen molar-refractivity contribution in [3.8, 4) is 0 Å². The van der Waals surface area contributed by atoms with Crippen molar-refractivity contribution in [2.75, 3.05) is 0 Å². The highest BCUT2D eigenvalue weighted by Gasteiger charge is 2.39. The molecule has 20 heavy (non-hydrogen) atoms. The fourth-order valence-electron chi connectivity index (χ4n) is 3.49. The molecule has 1 aromatic heterocycles. The molecule has 0 saturated heterocycles. The molecule has 0 spiro atoms. The minimum absolute atomic E-state index is 0.0866. The Morgan fingerprint density at radius 2 is 2.10 bits per heavy atom. The number of pyridine rings is 1. The van der Waals surface area contributed by atoms with E-state index in [4.69, 9.17) is 0 Å². The number of aryl methyl sites for hydroxylation is 1. The van der Waals surface area contributed by atoms with Crippen molar-refractivity contribution in [3.63, 3.8) is 0 Å². The van der Waals surface area contributed by atoms with Gasteiger partial charge in [0, 0.05) is 17.8 Å². The zero-order valence-corrected chi connectivity index (χ0v) is 13.1. The van der Waals surface area contributed by atoms with Crippen LogP contribution in [0.15, 0.2) is 23.1 Å². The first kappa shape index (κ1) is 15.3. The summed E-state index contributed by atoms with van der Waals surface area (Å²) in [4.78, 5) is 12.4. The Labute approximate surface area is 121 Å². The van der Waals surface area contributed by atoms with Crippen LogP contribution < -0.4 is 5.56 Å². The average molecular weight is 277 g/mol. The molecule has 1 aliphatic rings. The van der Waals surface area contributed by atoms with Gasteiger partial charge in [-0.2, -0.15) is 0 Å². The fourth-order valence-corrected chi connectivity index (χ4v) is 3.49. The Morgan fingerprint density at radius 1 is 1.40 bits per heavy atom. The third-order valence-corrected chi connectivity index (χ3v) is 5.23. The Morgan fingerprint density at radius 3 is 2.75 bits per heavy atom. The maximum absolute atomic E-state index is 12.4. The largest absolute Gasteiger partial charge is 0.393 e. The predicted octanol–water partition coefficient (Wildman–Crippen LogP) is 3.30. The Bertz CT molecular complexity index is 518. The summed E-state index contributed by atoms with van der Waals surface area (Å²) in [5, 5.41) is 10.0. The maximum atomic E-state index is 12.4. The van der Waals surface area contributed by atoms with Gasteiger partial charge < -0.3 is 9.67 Å². The van der Waals surface area contributed by atoms with E-state index in [1.807, 2.05) is 29.8 Å². The van der Waals surface area contributed by atoms with Crippen molar-refractivity contribution in [1.29, 1.82) is 0 Å². The number of aliphatic hydroxyl groups is 1. The Kier molecular flexibility index (Phi) is 4.38. The van der Waals surface area contributed by atoms with Crippen LogP contribution in [0.5, 0.6) is 0 Å². The van der Waals surface area contributed by atoms with Gasteiger partial charge in [-0.1, -0.05) is 33.3 Å². The van der Waals surface area contributed by atoms with Crippen molar-refractivity contribution >= 4 is 0 Å². The maximum Gasteiger partial charge on any atom is 0.253 e. The van der Waals surface area contributed by atoms with E-state index in [0.717, 1.165) is 24.8 Å². The van der Waals surface area contributed by atoms with Crippen molar-refractivity contribution < 1.29 is 5.11 Å². The summed E-state index contributed by atoms with van der Waals surface area (Å²) in [7, 11) is 0. The molecule has 1 heterocycles. The van der Waals surface area contributed by atoms with Gasteiger partial charge in [0.25, 0.3) is 5.56 Å². The summed E-state index contributed by atoms with van der Waals surface area (Å²) in [5.41, 5.74) is 1.05. The molecule has 1 aromatic rings. The van der Waals surface area contributed by atoms with Crippen molar-refractivity contribution in [2.45, 2.75) is 65.5 Å². The lowest BCUT2D eigenvalue weighted by Crippen LogP contribution is -2.41. The van der Waals surface area contributed by atoms with E-state index in [1.165, 1.54) is 0 Å². The number of hydrogen-bond donors (Lipinski definition) is 1. The van der Waals surface area contributed by atoms with E-state index in [2.05, 4.69) is 20.8 Å². The zero-order chi connectivity index (χ0) is 14.9. The third kappa shape index (κ3) is 2.83. The average Bonchev–Trinajstić information content (AvgIpc) is 2.41. The molecule has 1 aliphatic carbocycles. The number of aliphatic hydroxyl groups excluding tert-OH is 1. The van der Waals surface area contributed by atoms with Crippen LogP contribution >= 0.6 is 0 Å². The summed E-state index contributed by atoms with van der Waals surface area (Å²) in [5.74, 6) is 0.440. The summed E-state index contributed by atoms with van der Waals surface area (Å²) in [6.07, 6.45) is 5.23. The quantitative estimate of drug-likeness (QED) is 0.921. The van der Waals surface area contributed by atoms with Gasteiger partial charge in [0.05, 0.1) is 6.10 Å². The first-order valence-corrected chi connectivity index (χ1v) is 7.72. The number of nitrogens with zero attached hydrogens (tertiary/aromatic N) is 1. The molecule has 1 saturated carbocycles. The first-order chi connectivity index (χ1) is 9.36. The van der Waals surface area contributed by atoms with E-state index in [-0.39, 0.29) is 23.1 Å². The zero-order valence-electron chi connectivity index (χ0n) is 13.1. The molecule has 0 amide bonds. The molecular weight excluding hydrogens is 250 g/mol. The molecule has 0 radical (unpaired) electrons. The molecule has 3 atom stereocenters. The van der Waals surface area contributed by atoms with Gasteiger partial charge in [-0.05, 0) is 43.6 Å². The number of aromatic nitrogens is 1. The molecule has 1 fully saturated rings. The van der Waals surface area contributed by atoms with Crippen molar-refractivity contribution in [3.05, 3.63) is 34.2 Å². The second-order valence-corrected chi connectivity index (χ2v) is 6.89. The van der Waals surface area contributed by atoms with Crippen LogP contribution in [0.1, 0.15) is 58.1 Å². The third-order valence-electron chi connectivity index (χ3n) is 5.23. The Hall–Kier alpha value is -1.09. The second kappa shape index (κ2) is 5.72. The van der Waals surface area contributed by atoms with Crippen LogP contribution in [0.4, 0.5) is 0 Å². The van der Waals surface area contributed by atoms with Crippen LogP contribution in [0.25, 0.3) is 0 Å². The van der Waals surface area contributed by atoms with Crippen molar-refractivity contribution in [2.24, 2.45) is 11.3 Å². The van der Waals surface area contributed by atoms with E-state index in [1.54, 1.807) is 0 Å². The minimum atomic E-state index is -0.281. The topological polar surface area (TPSA) is 42.2 Å². The molecule has 3 unspecified atom stereocenters. The lowest BCUT2D eigenvalue weighted by atomic mass is 9.66. The smallest absolute Gasteiger partial charge is 0.253 e. The predicted molar refractivity (Wildman–Crippen MR) is 81.9 cm³/mol. The Balaban J connectivity index is 2.43. The van der Waals surface area contributed by atoms with Gasteiger partial charge in [-0.25, -0.2) is 0 Å². The standard InChI is InChI=1S/C17H27NO2/c1-5-17(3,4)14-9-8-13(19)11-15(14)18-10-6-7-12(2)16(18)20/h6-7,10,13-15,19H,5,8-9,11H2,1-4H3. The van der Waals surface area contributed by atoms with Gasteiger partial charge in [0.15, 0.2) is 0 Å². The van der Waals surface area contributed by atoms with Crippen LogP contribution in [0, 0.1) is 18.3 Å². The highest BCUT2D eigenvalue weighted by atomic mass is 16.3. The summed E-state index contributed by atoms with van der Waals surface area (Å²) in [6.45, 7) is 8.63. The highest BCUT2D eigenvalue weighted by Crippen LogP contribution is 2.45. The number of hydrogen-bond acceptors (Lipinski definition) is 2. The van der Waals surface area contributed by atoms with Crippen LogP contribution in [0.2, 0.25) is 0 Å². The highest BCUT2D eigenvalue weighted by molar-refractivity contribution is 5.09. The second-order valence-electron chi connectivity index (χ2n) is 6.89. The first-order valence-electron chi connectivity index (χ1n) is 7.72.